The third-order valence-electron chi connectivity index (χ3n) is 4.06. The average Bonchev–Trinajstić information content (AvgIpc) is 2.67. The molecule has 2 heterocycles. The maximum absolute atomic E-state index is 12.4. The molecule has 1 fully saturated rings. The van der Waals surface area contributed by atoms with Crippen molar-refractivity contribution in [2.24, 2.45) is 0 Å². The number of nitro groups is 1. The quantitative estimate of drug-likeness (QED) is 0.635. The number of benzene rings is 1. The summed E-state index contributed by atoms with van der Waals surface area (Å²) in [4.78, 5) is 44.8. The molecule has 10 heteroatoms. The fourth-order valence-corrected chi connectivity index (χ4v) is 2.68. The third kappa shape index (κ3) is 3.58. The first-order valence-corrected chi connectivity index (χ1v) is 7.80. The molecule has 1 saturated heterocycles. The highest BCUT2D eigenvalue weighted by Crippen LogP contribution is 2.22. The minimum Gasteiger partial charge on any atom is -0.476 e. The zero-order chi connectivity index (χ0) is 18.7. The van der Waals surface area contributed by atoms with Crippen molar-refractivity contribution in [3.63, 3.8) is 0 Å². The molecule has 0 bridgehead atoms. The van der Waals surface area contributed by atoms with Gasteiger partial charge >= 0.3 is 5.97 Å². The average molecular weight is 357 g/mol. The Morgan fingerprint density at radius 1 is 1.08 bits per heavy atom. The first-order valence-electron chi connectivity index (χ1n) is 7.80. The lowest BCUT2D eigenvalue weighted by Gasteiger charge is -2.35. The highest BCUT2D eigenvalue weighted by atomic mass is 16.6. The molecule has 1 amide bonds. The number of hydrogen-bond donors (Lipinski definition) is 1. The van der Waals surface area contributed by atoms with Crippen LogP contribution in [0, 0.1) is 10.1 Å². The van der Waals surface area contributed by atoms with E-state index < -0.39 is 10.9 Å². The first-order chi connectivity index (χ1) is 12.5. The summed E-state index contributed by atoms with van der Waals surface area (Å²) >= 11 is 0. The van der Waals surface area contributed by atoms with Crippen LogP contribution < -0.4 is 4.90 Å². The van der Waals surface area contributed by atoms with Gasteiger partial charge in [-0.3, -0.25) is 14.9 Å². The summed E-state index contributed by atoms with van der Waals surface area (Å²) in [5.74, 6) is -1.53. The largest absolute Gasteiger partial charge is 0.476 e. The van der Waals surface area contributed by atoms with Crippen molar-refractivity contribution >= 4 is 23.3 Å². The maximum atomic E-state index is 12.4. The first kappa shape index (κ1) is 17.3. The Morgan fingerprint density at radius 2 is 1.73 bits per heavy atom. The van der Waals surface area contributed by atoms with Gasteiger partial charge in [0, 0.05) is 44.0 Å². The van der Waals surface area contributed by atoms with Crippen LogP contribution in [0.2, 0.25) is 0 Å². The smallest absolute Gasteiger partial charge is 0.356 e. The standard InChI is InChI=1S/C16H15N5O5/c22-15(13-9-18-14(10-17-13)16(23)24)20-6-4-19(5-7-20)11-2-1-3-12(8-11)21(25)26/h1-3,8-10H,4-7H2,(H,23,24). The molecular formula is C16H15N5O5. The third-order valence-corrected chi connectivity index (χ3v) is 4.06. The molecule has 1 aromatic carbocycles. The van der Waals surface area contributed by atoms with Gasteiger partial charge in [-0.25, -0.2) is 14.8 Å². The maximum Gasteiger partial charge on any atom is 0.356 e. The number of piperazine rings is 1. The van der Waals surface area contributed by atoms with Crippen molar-refractivity contribution in [2.45, 2.75) is 0 Å². The van der Waals surface area contributed by atoms with Crippen LogP contribution in [0.3, 0.4) is 0 Å². The number of hydrogen-bond acceptors (Lipinski definition) is 7. The van der Waals surface area contributed by atoms with Gasteiger partial charge in [-0.15, -0.1) is 0 Å². The Hall–Kier alpha value is -3.56. The van der Waals surface area contributed by atoms with Crippen molar-refractivity contribution in [1.82, 2.24) is 14.9 Å². The topological polar surface area (TPSA) is 130 Å². The Bertz CT molecular complexity index is 846. The molecule has 1 aromatic heterocycles. The van der Waals surface area contributed by atoms with Crippen LogP contribution in [0.1, 0.15) is 21.0 Å². The molecule has 134 valence electrons. The van der Waals surface area contributed by atoms with Crippen LogP contribution in [0.15, 0.2) is 36.7 Å². The second-order valence-electron chi connectivity index (χ2n) is 5.65. The number of aromatic carboxylic acids is 1. The molecule has 0 saturated carbocycles. The number of carbonyl (C=O) groups excluding carboxylic acids is 1. The highest BCUT2D eigenvalue weighted by molar-refractivity contribution is 5.93. The van der Waals surface area contributed by atoms with Crippen molar-refractivity contribution in [3.8, 4) is 0 Å². The van der Waals surface area contributed by atoms with E-state index in [1.807, 2.05) is 4.90 Å². The summed E-state index contributed by atoms with van der Waals surface area (Å²) in [6.45, 7) is 1.88. The van der Waals surface area contributed by atoms with E-state index in [9.17, 15) is 19.7 Å². The van der Waals surface area contributed by atoms with Crippen LogP contribution >= 0.6 is 0 Å². The molecule has 0 radical (unpaired) electrons. The molecule has 1 aliphatic heterocycles. The molecule has 2 aromatic rings. The molecule has 3 rings (SSSR count). The number of carboxylic acids is 1. The van der Waals surface area contributed by atoms with Gasteiger partial charge in [0.2, 0.25) is 0 Å². The second kappa shape index (κ2) is 7.13. The summed E-state index contributed by atoms with van der Waals surface area (Å²) in [7, 11) is 0. The van der Waals surface area contributed by atoms with Gasteiger partial charge in [-0.05, 0) is 6.07 Å². The lowest BCUT2D eigenvalue weighted by atomic mass is 10.2. The van der Waals surface area contributed by atoms with Gasteiger partial charge in [0.05, 0.1) is 17.3 Å². The van der Waals surface area contributed by atoms with Gasteiger partial charge in [-0.1, -0.05) is 6.07 Å². The number of rotatable bonds is 4. The number of nitro benzene ring substituents is 1. The Kier molecular flexibility index (Phi) is 4.74. The lowest BCUT2D eigenvalue weighted by molar-refractivity contribution is -0.384. The molecular weight excluding hydrogens is 342 g/mol. The van der Waals surface area contributed by atoms with E-state index >= 15 is 0 Å². The summed E-state index contributed by atoms with van der Waals surface area (Å²) < 4.78 is 0. The fraction of sp³-hybridized carbons (Fsp3) is 0.250. The molecule has 0 aliphatic carbocycles. The summed E-state index contributed by atoms with van der Waals surface area (Å²) in [6.07, 6.45) is 2.20. The van der Waals surface area contributed by atoms with Crippen molar-refractivity contribution in [1.29, 1.82) is 0 Å². The van der Waals surface area contributed by atoms with E-state index in [2.05, 4.69) is 9.97 Å². The van der Waals surface area contributed by atoms with Crippen LogP contribution in [0.5, 0.6) is 0 Å². The second-order valence-corrected chi connectivity index (χ2v) is 5.65. The Morgan fingerprint density at radius 3 is 2.31 bits per heavy atom. The van der Waals surface area contributed by atoms with Gasteiger partial charge in [0.1, 0.15) is 5.69 Å². The number of carboxylic acid groups (broad SMARTS) is 1. The van der Waals surface area contributed by atoms with Crippen molar-refractivity contribution in [3.05, 3.63) is 58.2 Å². The minimum absolute atomic E-state index is 0.0230. The summed E-state index contributed by atoms with van der Waals surface area (Å²) in [5, 5.41) is 19.7. The molecule has 1 aliphatic rings. The number of non-ortho nitro benzene ring substituents is 1. The minimum atomic E-state index is -1.21. The zero-order valence-electron chi connectivity index (χ0n) is 13.6. The van der Waals surface area contributed by atoms with Crippen LogP contribution in [0.4, 0.5) is 11.4 Å². The summed E-state index contributed by atoms with van der Waals surface area (Å²) in [5.41, 5.74) is 0.613. The number of aromatic nitrogens is 2. The lowest BCUT2D eigenvalue weighted by Crippen LogP contribution is -2.49. The van der Waals surface area contributed by atoms with E-state index in [1.165, 1.54) is 12.1 Å². The van der Waals surface area contributed by atoms with Crippen molar-refractivity contribution < 1.29 is 19.6 Å². The van der Waals surface area contributed by atoms with Gasteiger partial charge < -0.3 is 14.9 Å². The fourth-order valence-electron chi connectivity index (χ4n) is 2.68. The number of nitrogens with zero attached hydrogens (tertiary/aromatic N) is 5. The molecule has 26 heavy (non-hydrogen) atoms. The van der Waals surface area contributed by atoms with Gasteiger partial charge in [0.25, 0.3) is 11.6 Å². The van der Waals surface area contributed by atoms with E-state index in [-0.39, 0.29) is 23.0 Å². The summed E-state index contributed by atoms with van der Waals surface area (Å²) in [6, 6.07) is 6.36. The monoisotopic (exact) mass is 357 g/mol. The number of amides is 1. The molecule has 10 nitrogen and oxygen atoms in total. The van der Waals surface area contributed by atoms with Gasteiger partial charge in [-0.2, -0.15) is 0 Å². The van der Waals surface area contributed by atoms with E-state index in [0.717, 1.165) is 18.1 Å². The molecule has 1 N–H and O–H groups in total. The number of anilines is 1. The van der Waals surface area contributed by atoms with Gasteiger partial charge in [0.15, 0.2) is 5.69 Å². The molecule has 0 atom stereocenters. The molecule has 0 spiro atoms. The highest BCUT2D eigenvalue weighted by Gasteiger charge is 2.24. The SMILES string of the molecule is O=C(O)c1cnc(C(=O)N2CCN(c3cccc([N+](=O)[O-])c3)CC2)cn1. The normalized spacial score (nSPS) is 14.2. The van der Waals surface area contributed by atoms with E-state index in [1.54, 1.807) is 17.0 Å². The number of carbonyl (C=O) groups is 2. The van der Waals surface area contributed by atoms with Crippen LogP contribution in [-0.2, 0) is 0 Å². The van der Waals surface area contributed by atoms with E-state index in [0.29, 0.717) is 26.2 Å². The molecule has 0 unspecified atom stereocenters. The predicted octanol–water partition coefficient (Wildman–Crippen LogP) is 1.05. The van der Waals surface area contributed by atoms with Crippen LogP contribution in [0.25, 0.3) is 0 Å². The zero-order valence-corrected chi connectivity index (χ0v) is 13.6. The Balaban J connectivity index is 1.64. The van der Waals surface area contributed by atoms with Crippen molar-refractivity contribution in [2.75, 3.05) is 31.1 Å². The Labute approximate surface area is 147 Å². The van der Waals surface area contributed by atoms with Crippen LogP contribution in [-0.4, -0.2) is 63.0 Å². The van der Waals surface area contributed by atoms with E-state index in [4.69, 9.17) is 5.11 Å². The predicted molar refractivity (Wildman–Crippen MR) is 90.2 cm³/mol.